The molecule has 5 heteroatoms. The Morgan fingerprint density at radius 3 is 1.64 bits per heavy atom. The first-order valence-corrected chi connectivity index (χ1v) is 25.2. The van der Waals surface area contributed by atoms with E-state index in [1.165, 1.54) is 128 Å². The summed E-state index contributed by atoms with van der Waals surface area (Å²) in [5.41, 5.74) is 27.7. The van der Waals surface area contributed by atoms with Crippen molar-refractivity contribution >= 4 is 91.1 Å². The molecule has 5 heterocycles. The topological polar surface area (TPSA) is 11.4 Å². The van der Waals surface area contributed by atoms with E-state index in [9.17, 15) is 0 Å². The number of benzene rings is 8. The lowest BCUT2D eigenvalue weighted by Gasteiger charge is -2.52. The van der Waals surface area contributed by atoms with Gasteiger partial charge in [-0.15, -0.1) is 0 Å². The summed E-state index contributed by atoms with van der Waals surface area (Å²) in [5, 5.41) is 2.58. The van der Waals surface area contributed by atoms with E-state index in [1.54, 1.807) is 0 Å². The first kappa shape index (κ1) is 42.4. The molecule has 4 aliphatic rings. The van der Waals surface area contributed by atoms with Crippen LogP contribution in [0.2, 0.25) is 0 Å². The van der Waals surface area contributed by atoms with Crippen molar-refractivity contribution < 1.29 is 0 Å². The molecule has 0 radical (unpaired) electrons. The zero-order valence-electron chi connectivity index (χ0n) is 42.4. The van der Waals surface area contributed by atoms with Gasteiger partial charge in [-0.3, -0.25) is 0 Å². The molecule has 0 saturated carbocycles. The van der Waals surface area contributed by atoms with Crippen molar-refractivity contribution in [2.45, 2.75) is 105 Å². The Morgan fingerprint density at radius 1 is 0.362 bits per heavy atom. The molecule has 0 atom stereocenters. The number of nitrogens with zero attached hydrogens (tertiary/aromatic N) is 3. The average Bonchev–Trinajstić information content (AvgIpc) is 3.64. The van der Waals surface area contributed by atoms with E-state index in [2.05, 4.69) is 249 Å². The van der Waals surface area contributed by atoms with Crippen molar-refractivity contribution in [1.29, 1.82) is 0 Å². The maximum absolute atomic E-state index is 2.83. The van der Waals surface area contributed by atoms with E-state index < -0.39 is 0 Å². The molecule has 0 unspecified atom stereocenters. The fraction of sp³-hybridized carbons (Fsp3) is 0.250. The standard InChI is InChI=1S/C64H61B2N3/c1-61(2,3)38-22-26-43(27-23-38)68-55-30-25-40(63(7,8)9)34-52(55)65-53-35-41(64(10,11)12)32-49-47-37-57-48(45-20-16-17-21-54(45)67(57)42-18-14-13-15-19-42)36-51(47)66-50-33-39(62(4,5)6)24-28-44(50)46-29-31-56(68)58(65)60(46)69(66)59(49)53/h13-37H,1-12H3. The first-order valence-electron chi connectivity index (χ1n) is 25.2. The summed E-state index contributed by atoms with van der Waals surface area (Å²) in [7, 11) is 0. The summed E-state index contributed by atoms with van der Waals surface area (Å²) in [6.45, 7) is 28.2. The van der Waals surface area contributed by atoms with Crippen molar-refractivity contribution in [3.8, 4) is 27.9 Å². The summed E-state index contributed by atoms with van der Waals surface area (Å²) >= 11 is 0. The number of fused-ring (bicyclic) bond motifs is 12. The molecule has 1 aromatic heterocycles. The molecule has 69 heavy (non-hydrogen) atoms. The zero-order chi connectivity index (χ0) is 47.8. The van der Waals surface area contributed by atoms with Gasteiger partial charge in [0.05, 0.1) is 11.0 Å². The Morgan fingerprint density at radius 2 is 0.942 bits per heavy atom. The molecule has 3 nitrogen and oxygen atoms in total. The van der Waals surface area contributed by atoms with Gasteiger partial charge in [0, 0.05) is 56.0 Å². The van der Waals surface area contributed by atoms with Crippen LogP contribution in [0.1, 0.15) is 105 Å². The van der Waals surface area contributed by atoms with Crippen molar-refractivity contribution in [1.82, 2.24) is 4.57 Å². The average molecular weight is 894 g/mol. The Balaban J connectivity index is 1.20. The maximum Gasteiger partial charge on any atom is 0.329 e. The second kappa shape index (κ2) is 14.0. The van der Waals surface area contributed by atoms with Crippen LogP contribution < -0.4 is 37.0 Å². The molecule has 13 rings (SSSR count). The van der Waals surface area contributed by atoms with Gasteiger partial charge in [0.1, 0.15) is 0 Å². The minimum atomic E-state index is -0.0990. The highest BCUT2D eigenvalue weighted by molar-refractivity contribution is 7.03. The van der Waals surface area contributed by atoms with Crippen molar-refractivity contribution in [2.75, 3.05) is 9.71 Å². The molecule has 0 N–H and O–H groups in total. The van der Waals surface area contributed by atoms with E-state index in [4.69, 9.17) is 0 Å². The minimum Gasteiger partial charge on any atom is -0.377 e. The van der Waals surface area contributed by atoms with Crippen LogP contribution in [-0.2, 0) is 21.7 Å². The van der Waals surface area contributed by atoms with Crippen LogP contribution in [0.5, 0.6) is 0 Å². The summed E-state index contributed by atoms with van der Waals surface area (Å²) in [5.74, 6) is 0. The van der Waals surface area contributed by atoms with E-state index in [0.29, 0.717) is 0 Å². The predicted octanol–water partition coefficient (Wildman–Crippen LogP) is 13.5. The van der Waals surface area contributed by atoms with Gasteiger partial charge in [-0.1, -0.05) is 180 Å². The third-order valence-electron chi connectivity index (χ3n) is 16.2. The van der Waals surface area contributed by atoms with Gasteiger partial charge < -0.3 is 14.3 Å². The smallest absolute Gasteiger partial charge is 0.329 e. The van der Waals surface area contributed by atoms with Crippen LogP contribution in [0.25, 0.3) is 49.7 Å². The lowest BCUT2D eigenvalue weighted by Crippen LogP contribution is -2.69. The lowest BCUT2D eigenvalue weighted by molar-refractivity contribution is 0.590. The van der Waals surface area contributed by atoms with Gasteiger partial charge in [-0.25, -0.2) is 0 Å². The Hall–Kier alpha value is -6.71. The number of hydrogen-bond acceptors (Lipinski definition) is 2. The van der Waals surface area contributed by atoms with Crippen molar-refractivity contribution in [2.24, 2.45) is 0 Å². The number of para-hydroxylation sites is 2. The highest BCUT2D eigenvalue weighted by Crippen LogP contribution is 2.53. The first-order chi connectivity index (χ1) is 32.8. The normalized spacial score (nSPS) is 14.6. The Kier molecular flexibility index (Phi) is 8.58. The van der Waals surface area contributed by atoms with Gasteiger partial charge in [0.15, 0.2) is 0 Å². The highest BCUT2D eigenvalue weighted by atomic mass is 15.2. The fourth-order valence-electron chi connectivity index (χ4n) is 12.5. The second-order valence-corrected chi connectivity index (χ2v) is 24.7. The Bertz CT molecular complexity index is 3660. The van der Waals surface area contributed by atoms with Crippen LogP contribution in [0.3, 0.4) is 0 Å². The van der Waals surface area contributed by atoms with E-state index in [1.807, 2.05) is 0 Å². The predicted molar refractivity (Wildman–Crippen MR) is 299 cm³/mol. The fourth-order valence-corrected chi connectivity index (χ4v) is 12.5. The molecule has 338 valence electrons. The van der Waals surface area contributed by atoms with Crippen LogP contribution in [0, 0.1) is 0 Å². The van der Waals surface area contributed by atoms with Gasteiger partial charge in [0.2, 0.25) is 0 Å². The monoisotopic (exact) mass is 894 g/mol. The van der Waals surface area contributed by atoms with Gasteiger partial charge >= 0.3 is 6.85 Å². The lowest BCUT2D eigenvalue weighted by atomic mass is 9.30. The highest BCUT2D eigenvalue weighted by Gasteiger charge is 2.53. The molecular formula is C64H61B2N3. The molecular weight excluding hydrogens is 832 g/mol. The van der Waals surface area contributed by atoms with Crippen molar-refractivity contribution in [3.63, 3.8) is 0 Å². The molecule has 4 aliphatic heterocycles. The molecule has 0 aliphatic carbocycles. The van der Waals surface area contributed by atoms with E-state index >= 15 is 0 Å². The zero-order valence-corrected chi connectivity index (χ0v) is 42.4. The molecule has 0 amide bonds. The number of anilines is 5. The van der Waals surface area contributed by atoms with Gasteiger partial charge in [-0.2, -0.15) is 0 Å². The maximum atomic E-state index is 2.83. The third kappa shape index (κ3) is 6.01. The van der Waals surface area contributed by atoms with Crippen LogP contribution in [0.15, 0.2) is 152 Å². The van der Waals surface area contributed by atoms with Crippen molar-refractivity contribution in [3.05, 3.63) is 174 Å². The molecule has 0 spiro atoms. The Labute approximate surface area is 410 Å². The SMILES string of the molecule is CC(C)(C)c1ccc(N2c3ccc(C(C)(C)C)cc3B3c4cc(C(C)(C)C)cc5c4N4B(c6cc7c8ccccc8n(-c8ccccc8)c7cc6-5)c5cc(C(C)(C)C)ccc5-c5ccc2c3c54)cc1. The van der Waals surface area contributed by atoms with Crippen LogP contribution in [0.4, 0.5) is 28.4 Å². The van der Waals surface area contributed by atoms with E-state index in [0.717, 1.165) is 0 Å². The van der Waals surface area contributed by atoms with Crippen LogP contribution >= 0.6 is 0 Å². The summed E-state index contributed by atoms with van der Waals surface area (Å²) in [4.78, 5) is 5.42. The van der Waals surface area contributed by atoms with Crippen LogP contribution in [-0.4, -0.2) is 18.1 Å². The second-order valence-electron chi connectivity index (χ2n) is 24.7. The molecule has 9 aromatic rings. The summed E-state index contributed by atoms with van der Waals surface area (Å²) < 4.78 is 2.50. The number of rotatable bonds is 2. The molecule has 8 aromatic carbocycles. The molecule has 0 saturated heterocycles. The quantitative estimate of drug-likeness (QED) is 0.160. The molecule has 0 fully saturated rings. The molecule has 0 bridgehead atoms. The summed E-state index contributed by atoms with van der Waals surface area (Å²) in [6.07, 6.45) is 0. The van der Waals surface area contributed by atoms with Gasteiger partial charge in [0.25, 0.3) is 6.71 Å². The number of hydrogen-bond donors (Lipinski definition) is 0. The minimum absolute atomic E-state index is 0.0155. The van der Waals surface area contributed by atoms with Gasteiger partial charge in [-0.05, 0) is 137 Å². The van der Waals surface area contributed by atoms with E-state index in [-0.39, 0.29) is 35.2 Å². The largest absolute Gasteiger partial charge is 0.377 e. The summed E-state index contributed by atoms with van der Waals surface area (Å²) in [6, 6.07) is 59.5. The third-order valence-corrected chi connectivity index (χ3v) is 16.2. The number of aromatic nitrogens is 1.